The summed E-state index contributed by atoms with van der Waals surface area (Å²) in [5, 5.41) is 26.7. The predicted octanol–water partition coefficient (Wildman–Crippen LogP) is 8.52. The average molecular weight is 959 g/mol. The van der Waals surface area contributed by atoms with E-state index < -0.39 is 43.1 Å². The summed E-state index contributed by atoms with van der Waals surface area (Å²) in [5.41, 5.74) is 4.91. The fourth-order valence-electron chi connectivity index (χ4n) is 12.6. The third-order valence-corrected chi connectivity index (χ3v) is 17.7. The number of nitro groups is 1. The first-order valence-corrected chi connectivity index (χ1v) is 26.2. The first kappa shape index (κ1) is 45.7. The van der Waals surface area contributed by atoms with Gasteiger partial charge in [-0.1, -0.05) is 24.3 Å². The quantitative estimate of drug-likeness (QED) is 0.0727. The number of benzene rings is 3. The van der Waals surface area contributed by atoms with Crippen molar-refractivity contribution in [2.45, 2.75) is 126 Å². The molecule has 6 heterocycles. The number of H-pyrrole nitrogens is 1. The fraction of sp³-hybridized carbons (Fsp3) is 0.500. The third-order valence-electron chi connectivity index (χ3n) is 16.4. The number of hydrogen-bond donors (Lipinski definition) is 4. The monoisotopic (exact) mass is 958 g/mol. The van der Waals surface area contributed by atoms with E-state index in [1.54, 1.807) is 12.3 Å². The molecule has 2 aromatic heterocycles. The molecule has 0 radical (unpaired) electrons. The van der Waals surface area contributed by atoms with E-state index in [4.69, 9.17) is 14.5 Å². The van der Waals surface area contributed by atoms with E-state index in [0.29, 0.717) is 67.6 Å². The van der Waals surface area contributed by atoms with E-state index in [2.05, 4.69) is 62.9 Å². The Morgan fingerprint density at radius 2 is 1.80 bits per heavy atom. The number of aromatic amines is 1. The Balaban J connectivity index is 0.874. The van der Waals surface area contributed by atoms with Gasteiger partial charge in [0, 0.05) is 54.6 Å². The molecule has 1 amide bonds. The maximum atomic E-state index is 14.7. The number of hydrogen-bond acceptors (Lipinski definition) is 13. The summed E-state index contributed by atoms with van der Waals surface area (Å²) in [6, 6.07) is 22.8. The number of aryl methyl sites for hydroxylation is 1. The number of piperidine rings is 1. The highest BCUT2D eigenvalue weighted by Gasteiger charge is 2.52. The molecule has 4 aliphatic heterocycles. The summed E-state index contributed by atoms with van der Waals surface area (Å²) < 4.78 is 43.0. The Bertz CT molecular complexity index is 2910. The summed E-state index contributed by atoms with van der Waals surface area (Å²) in [7, 11) is -4.61. The number of carbonyl (C=O) groups excluding carboxylic acids is 1. The van der Waals surface area contributed by atoms with Gasteiger partial charge in [0.25, 0.3) is 21.6 Å². The summed E-state index contributed by atoms with van der Waals surface area (Å²) in [6.45, 7) is 9.36. The van der Waals surface area contributed by atoms with E-state index in [-0.39, 0.29) is 34.7 Å². The second kappa shape index (κ2) is 17.6. The van der Waals surface area contributed by atoms with Gasteiger partial charge in [-0.05, 0) is 156 Å². The Labute approximate surface area is 403 Å². The highest BCUT2D eigenvalue weighted by atomic mass is 32.2. The van der Waals surface area contributed by atoms with Crippen LogP contribution in [0.4, 0.5) is 28.4 Å². The zero-order valence-electron chi connectivity index (χ0n) is 39.5. The van der Waals surface area contributed by atoms with E-state index in [1.165, 1.54) is 48.9 Å². The lowest BCUT2D eigenvalue weighted by Crippen LogP contribution is -2.57. The molecule has 69 heavy (non-hydrogen) atoms. The molecule has 5 aromatic rings. The molecule has 3 aromatic carbocycles. The molecule has 5 fully saturated rings. The van der Waals surface area contributed by atoms with Gasteiger partial charge in [0.2, 0.25) is 5.88 Å². The number of nitrogens with zero attached hydrogens (tertiary/aromatic N) is 5. The molecule has 0 unspecified atom stereocenters. The summed E-state index contributed by atoms with van der Waals surface area (Å²) in [5.74, 6) is -0.315. The SMILES string of the molecule is Cc1ccccc1[C@@H]1CCCN1C1CC2(CCN(c3ccc(C(=O)NS(=O)(=O)c4ccc(NCC5CCC(C)(O)CC5)c([N+](=O)[O-])c4)c(N4c5cc6cc[nH]c6nc5O[C@@H]5COC[C@H]54)c3)[C@@H](C)C2)C1. The molecular formula is C52H62N8O8S. The van der Waals surface area contributed by atoms with Crippen molar-refractivity contribution in [3.8, 4) is 5.88 Å². The number of ether oxygens (including phenoxy) is 2. The Morgan fingerprint density at radius 1 is 0.986 bits per heavy atom. The van der Waals surface area contributed by atoms with Crippen molar-refractivity contribution in [1.82, 2.24) is 19.6 Å². The largest absolute Gasteiger partial charge is 0.468 e. The number of fused-ring (bicyclic) bond motifs is 3. The van der Waals surface area contributed by atoms with Gasteiger partial charge in [0.05, 0.1) is 45.9 Å². The summed E-state index contributed by atoms with van der Waals surface area (Å²) in [6.07, 6.45) is 11.1. The molecule has 1 spiro atoms. The van der Waals surface area contributed by atoms with Crippen LogP contribution in [0.25, 0.3) is 11.0 Å². The first-order chi connectivity index (χ1) is 33.1. The minimum absolute atomic E-state index is 0.103. The van der Waals surface area contributed by atoms with Crippen molar-refractivity contribution in [3.63, 3.8) is 0 Å². The molecule has 11 rings (SSSR count). The molecule has 4 N–H and O–H groups in total. The van der Waals surface area contributed by atoms with E-state index in [1.807, 2.05) is 36.1 Å². The van der Waals surface area contributed by atoms with Gasteiger partial charge < -0.3 is 34.7 Å². The number of rotatable bonds is 11. The Kier molecular flexibility index (Phi) is 11.6. The van der Waals surface area contributed by atoms with Gasteiger partial charge in [-0.3, -0.25) is 19.8 Å². The highest BCUT2D eigenvalue weighted by molar-refractivity contribution is 7.90. The predicted molar refractivity (Wildman–Crippen MR) is 264 cm³/mol. The second-order valence-electron chi connectivity index (χ2n) is 21.1. The zero-order valence-corrected chi connectivity index (χ0v) is 40.3. The summed E-state index contributed by atoms with van der Waals surface area (Å²) >= 11 is 0. The van der Waals surface area contributed by atoms with Crippen LogP contribution in [0.1, 0.15) is 106 Å². The molecule has 16 nitrogen and oxygen atoms in total. The minimum Gasteiger partial charge on any atom is -0.468 e. The lowest BCUT2D eigenvalue weighted by atomic mass is 9.58. The smallest absolute Gasteiger partial charge is 0.293 e. The van der Waals surface area contributed by atoms with Crippen LogP contribution in [-0.2, 0) is 14.8 Å². The van der Waals surface area contributed by atoms with E-state index in [9.17, 15) is 28.4 Å². The van der Waals surface area contributed by atoms with Gasteiger partial charge in [0.1, 0.15) is 23.1 Å². The van der Waals surface area contributed by atoms with Gasteiger partial charge in [-0.25, -0.2) is 13.1 Å². The highest BCUT2D eigenvalue weighted by Crippen LogP contribution is 2.56. The number of carbonyl (C=O) groups is 1. The standard InChI is InChI=1S/C52H62N8O8S/c1-32-7-4-5-8-39(32)42-9-6-21-58(42)37-27-52(28-37)19-22-57(33(2)26-52)36-10-12-40(43(24-36)59-45-23-35-16-20-53-48(35)55-50(45)68-47-31-67-30-46(47)59)49(61)56-69(65,66)38-11-13-41(44(25-38)60(63)64)54-29-34-14-17-51(3,62)18-15-34/h4-5,7-8,10-13,16,20,23-25,33-34,37,42,46-47,54,62H,6,9,14-15,17-19,21-22,26-31H2,1-3H3,(H,53,55)(H,56,61)/t33-,34?,37?,42-,46+,47+,51?,52?/m0/s1. The Hall–Kier alpha value is -5.75. The number of sulfonamides is 1. The lowest BCUT2D eigenvalue weighted by molar-refractivity contribution is -0.384. The molecular weight excluding hydrogens is 897 g/mol. The number of aliphatic hydroxyl groups is 1. The van der Waals surface area contributed by atoms with E-state index >= 15 is 0 Å². The number of aromatic nitrogens is 2. The van der Waals surface area contributed by atoms with Crippen molar-refractivity contribution < 1.29 is 32.7 Å². The molecule has 17 heteroatoms. The second-order valence-corrected chi connectivity index (χ2v) is 22.7. The number of nitrogens with one attached hydrogen (secondary N) is 3. The van der Waals surface area contributed by atoms with Gasteiger partial charge >= 0.3 is 0 Å². The number of likely N-dealkylation sites (tertiary alicyclic amines) is 1. The number of nitro benzene ring substituents is 1. The van der Waals surface area contributed by atoms with E-state index in [0.717, 1.165) is 55.9 Å². The van der Waals surface area contributed by atoms with Crippen LogP contribution in [0.2, 0.25) is 0 Å². The minimum atomic E-state index is -4.61. The topological polar surface area (TPSA) is 196 Å². The molecule has 0 bridgehead atoms. The molecule has 3 saturated heterocycles. The van der Waals surface area contributed by atoms with Crippen molar-refractivity contribution in [1.29, 1.82) is 0 Å². The maximum Gasteiger partial charge on any atom is 0.293 e. The van der Waals surface area contributed by atoms with Crippen LogP contribution in [0, 0.1) is 28.4 Å². The van der Waals surface area contributed by atoms with Crippen LogP contribution >= 0.6 is 0 Å². The van der Waals surface area contributed by atoms with Crippen LogP contribution in [0.5, 0.6) is 5.88 Å². The van der Waals surface area contributed by atoms with Crippen LogP contribution < -0.4 is 24.6 Å². The van der Waals surface area contributed by atoms with Crippen LogP contribution in [-0.4, -0.2) is 102 Å². The molecule has 6 aliphatic rings. The van der Waals surface area contributed by atoms with Gasteiger partial charge in [-0.15, -0.1) is 0 Å². The maximum absolute atomic E-state index is 14.7. The van der Waals surface area contributed by atoms with Crippen LogP contribution in [0.15, 0.2) is 83.9 Å². The van der Waals surface area contributed by atoms with Crippen molar-refractivity contribution >= 4 is 55.4 Å². The summed E-state index contributed by atoms with van der Waals surface area (Å²) in [4.78, 5) is 41.2. The third kappa shape index (κ3) is 8.58. The molecule has 2 saturated carbocycles. The average Bonchev–Trinajstić information content (AvgIpc) is 4.10. The zero-order chi connectivity index (χ0) is 47.8. The van der Waals surface area contributed by atoms with Crippen molar-refractivity contribution in [3.05, 3.63) is 106 Å². The van der Waals surface area contributed by atoms with Crippen molar-refractivity contribution in [2.24, 2.45) is 11.3 Å². The molecule has 4 atom stereocenters. The molecule has 364 valence electrons. The first-order valence-electron chi connectivity index (χ1n) is 24.7. The van der Waals surface area contributed by atoms with Crippen molar-refractivity contribution in [2.75, 3.05) is 48.0 Å². The number of amides is 1. The number of anilines is 4. The fourth-order valence-corrected chi connectivity index (χ4v) is 13.6. The number of pyridine rings is 1. The molecule has 2 aliphatic carbocycles. The van der Waals surface area contributed by atoms with Gasteiger partial charge in [-0.2, -0.15) is 4.98 Å². The Morgan fingerprint density at radius 3 is 2.58 bits per heavy atom. The lowest BCUT2D eigenvalue weighted by Gasteiger charge is -2.57. The van der Waals surface area contributed by atoms with Gasteiger partial charge in [0.15, 0.2) is 0 Å². The normalized spacial score (nSPS) is 29.0. The van der Waals surface area contributed by atoms with Crippen LogP contribution in [0.3, 0.4) is 0 Å².